The summed E-state index contributed by atoms with van der Waals surface area (Å²) in [6.45, 7) is 8.46. The van der Waals surface area contributed by atoms with Crippen LogP contribution in [-0.2, 0) is 11.3 Å². The monoisotopic (exact) mass is 266 g/mol. The fourth-order valence-electron chi connectivity index (χ4n) is 3.08. The first-order valence-corrected chi connectivity index (χ1v) is 6.97. The maximum Gasteiger partial charge on any atom is 0.118 e. The molecule has 1 unspecified atom stereocenters. The molecule has 0 saturated carbocycles. The summed E-state index contributed by atoms with van der Waals surface area (Å²) in [7, 11) is 2.13. The molecule has 108 valence electrons. The molecule has 4 nitrogen and oxygen atoms in total. The number of likely N-dealkylation sites (N-methyl/N-ethyl adjacent to an activating group) is 1. The number of aryl methyl sites for hydroxylation is 1. The van der Waals surface area contributed by atoms with Gasteiger partial charge in [-0.1, -0.05) is 0 Å². The lowest BCUT2D eigenvalue weighted by atomic mass is 9.80. The topological polar surface area (TPSA) is 51.6 Å². The molecule has 1 atom stereocenters. The van der Waals surface area contributed by atoms with Crippen LogP contribution < -0.4 is 5.73 Å². The molecular formula is C15H26N2O2. The summed E-state index contributed by atoms with van der Waals surface area (Å²) in [5.41, 5.74) is 5.99. The van der Waals surface area contributed by atoms with Crippen LogP contribution in [0.2, 0.25) is 0 Å². The molecular weight excluding hydrogens is 240 g/mol. The van der Waals surface area contributed by atoms with E-state index in [1.54, 1.807) is 0 Å². The highest BCUT2D eigenvalue weighted by molar-refractivity contribution is 5.07. The number of ether oxygens (including phenoxy) is 1. The Kier molecular flexibility index (Phi) is 4.04. The Bertz CT molecular complexity index is 428. The van der Waals surface area contributed by atoms with Gasteiger partial charge in [-0.05, 0) is 52.8 Å². The van der Waals surface area contributed by atoms with Gasteiger partial charge in [-0.25, -0.2) is 0 Å². The minimum absolute atomic E-state index is 0.00243. The standard InChI is InChI=1S/C15H26N2O2/c1-12-5-6-13(19-12)9-17(4)15(11-16)7-8-18-14(2,3)10-15/h5-6H,7-11,16H2,1-4H3. The second-order valence-corrected chi connectivity index (χ2v) is 6.33. The van der Waals surface area contributed by atoms with Crippen molar-refractivity contribution in [2.75, 3.05) is 20.2 Å². The molecule has 2 heterocycles. The first-order valence-electron chi connectivity index (χ1n) is 6.97. The first-order chi connectivity index (χ1) is 8.87. The fraction of sp³-hybridized carbons (Fsp3) is 0.733. The zero-order valence-corrected chi connectivity index (χ0v) is 12.5. The Morgan fingerprint density at radius 3 is 2.63 bits per heavy atom. The minimum atomic E-state index is -0.106. The van der Waals surface area contributed by atoms with Gasteiger partial charge in [-0.3, -0.25) is 4.90 Å². The van der Waals surface area contributed by atoms with Crippen molar-refractivity contribution in [2.24, 2.45) is 5.73 Å². The van der Waals surface area contributed by atoms with Gasteiger partial charge in [0.25, 0.3) is 0 Å². The van der Waals surface area contributed by atoms with Crippen molar-refractivity contribution in [3.8, 4) is 0 Å². The second-order valence-electron chi connectivity index (χ2n) is 6.33. The largest absolute Gasteiger partial charge is 0.465 e. The van der Waals surface area contributed by atoms with Crippen LogP contribution in [-0.4, -0.2) is 36.2 Å². The highest BCUT2D eigenvalue weighted by atomic mass is 16.5. The number of nitrogens with zero attached hydrogens (tertiary/aromatic N) is 1. The van der Waals surface area contributed by atoms with E-state index in [9.17, 15) is 0 Å². The molecule has 0 amide bonds. The van der Waals surface area contributed by atoms with E-state index < -0.39 is 0 Å². The van der Waals surface area contributed by atoms with Crippen molar-refractivity contribution in [3.05, 3.63) is 23.7 Å². The summed E-state index contributed by atoms with van der Waals surface area (Å²) >= 11 is 0. The SMILES string of the molecule is Cc1ccc(CN(C)C2(CN)CCOC(C)(C)C2)o1. The van der Waals surface area contributed by atoms with Crippen LogP contribution >= 0.6 is 0 Å². The summed E-state index contributed by atoms with van der Waals surface area (Å²) in [6.07, 6.45) is 1.93. The molecule has 0 bridgehead atoms. The molecule has 0 aromatic carbocycles. The molecule has 2 rings (SSSR count). The van der Waals surface area contributed by atoms with Crippen LogP contribution in [0.4, 0.5) is 0 Å². The predicted molar refractivity (Wildman–Crippen MR) is 76.0 cm³/mol. The van der Waals surface area contributed by atoms with Gasteiger partial charge in [0.05, 0.1) is 12.1 Å². The van der Waals surface area contributed by atoms with Crippen LogP contribution in [0, 0.1) is 6.92 Å². The van der Waals surface area contributed by atoms with E-state index in [1.165, 1.54) is 0 Å². The Hall–Kier alpha value is -0.840. The predicted octanol–water partition coefficient (Wildman–Crippen LogP) is 2.31. The lowest BCUT2D eigenvalue weighted by molar-refractivity contribution is -0.115. The highest BCUT2D eigenvalue weighted by Gasteiger charge is 2.42. The van der Waals surface area contributed by atoms with Gasteiger partial charge in [-0.2, -0.15) is 0 Å². The van der Waals surface area contributed by atoms with Crippen LogP contribution in [0.15, 0.2) is 16.5 Å². The molecule has 0 aliphatic carbocycles. The quantitative estimate of drug-likeness (QED) is 0.908. The molecule has 1 aliphatic heterocycles. The fourth-order valence-corrected chi connectivity index (χ4v) is 3.08. The van der Waals surface area contributed by atoms with Crippen LogP contribution in [0.5, 0.6) is 0 Å². The summed E-state index contributed by atoms with van der Waals surface area (Å²) in [4.78, 5) is 2.33. The van der Waals surface area contributed by atoms with Crippen molar-refractivity contribution >= 4 is 0 Å². The van der Waals surface area contributed by atoms with Crippen LogP contribution in [0.25, 0.3) is 0 Å². The Labute approximate surface area is 115 Å². The normalized spacial score (nSPS) is 26.8. The van der Waals surface area contributed by atoms with Crippen LogP contribution in [0.3, 0.4) is 0 Å². The molecule has 1 aliphatic rings. The molecule has 2 N–H and O–H groups in total. The van der Waals surface area contributed by atoms with E-state index >= 15 is 0 Å². The van der Waals surface area contributed by atoms with Gasteiger partial charge in [0.15, 0.2) is 0 Å². The maximum atomic E-state index is 6.09. The first kappa shape index (κ1) is 14.6. The van der Waals surface area contributed by atoms with Gasteiger partial charge in [0.1, 0.15) is 11.5 Å². The van der Waals surface area contributed by atoms with Gasteiger partial charge in [0.2, 0.25) is 0 Å². The maximum absolute atomic E-state index is 6.09. The number of rotatable bonds is 4. The van der Waals surface area contributed by atoms with E-state index in [1.807, 2.05) is 19.1 Å². The van der Waals surface area contributed by atoms with E-state index in [0.717, 1.165) is 37.5 Å². The third-order valence-electron chi connectivity index (χ3n) is 4.19. The third kappa shape index (κ3) is 3.19. The molecule has 1 aromatic heterocycles. The summed E-state index contributed by atoms with van der Waals surface area (Å²) in [5, 5.41) is 0. The number of nitrogens with two attached hydrogens (primary N) is 1. The summed E-state index contributed by atoms with van der Waals surface area (Å²) in [5.74, 6) is 1.95. The van der Waals surface area contributed by atoms with Crippen molar-refractivity contribution in [2.45, 2.75) is 51.3 Å². The van der Waals surface area contributed by atoms with Crippen molar-refractivity contribution in [3.63, 3.8) is 0 Å². The van der Waals surface area contributed by atoms with Gasteiger partial charge < -0.3 is 14.9 Å². The molecule has 19 heavy (non-hydrogen) atoms. The Morgan fingerprint density at radius 2 is 2.11 bits per heavy atom. The van der Waals surface area contributed by atoms with E-state index in [4.69, 9.17) is 14.9 Å². The zero-order valence-electron chi connectivity index (χ0n) is 12.5. The lowest BCUT2D eigenvalue weighted by Gasteiger charge is -2.49. The van der Waals surface area contributed by atoms with Crippen LogP contribution in [0.1, 0.15) is 38.2 Å². The Morgan fingerprint density at radius 1 is 1.37 bits per heavy atom. The average Bonchev–Trinajstić information content (AvgIpc) is 2.73. The van der Waals surface area contributed by atoms with Gasteiger partial charge >= 0.3 is 0 Å². The minimum Gasteiger partial charge on any atom is -0.465 e. The van der Waals surface area contributed by atoms with Gasteiger partial charge in [-0.15, -0.1) is 0 Å². The van der Waals surface area contributed by atoms with Gasteiger partial charge in [0, 0.05) is 18.7 Å². The summed E-state index contributed by atoms with van der Waals surface area (Å²) < 4.78 is 11.5. The molecule has 1 aromatic rings. The number of hydrogen-bond acceptors (Lipinski definition) is 4. The smallest absolute Gasteiger partial charge is 0.118 e. The molecule has 1 saturated heterocycles. The number of hydrogen-bond donors (Lipinski definition) is 1. The highest BCUT2D eigenvalue weighted by Crippen LogP contribution is 2.36. The zero-order chi connectivity index (χ0) is 14.1. The van der Waals surface area contributed by atoms with E-state index in [-0.39, 0.29) is 11.1 Å². The van der Waals surface area contributed by atoms with Crippen molar-refractivity contribution in [1.29, 1.82) is 0 Å². The second kappa shape index (κ2) is 5.27. The Balaban J connectivity index is 2.11. The van der Waals surface area contributed by atoms with Crippen molar-refractivity contribution in [1.82, 2.24) is 4.90 Å². The van der Waals surface area contributed by atoms with Crippen molar-refractivity contribution < 1.29 is 9.15 Å². The molecule has 4 heteroatoms. The lowest BCUT2D eigenvalue weighted by Crippen LogP contribution is -2.59. The molecule has 0 radical (unpaired) electrons. The molecule has 0 spiro atoms. The third-order valence-corrected chi connectivity index (χ3v) is 4.19. The molecule has 1 fully saturated rings. The summed E-state index contributed by atoms with van der Waals surface area (Å²) in [6, 6.07) is 4.05. The van der Waals surface area contributed by atoms with E-state index in [2.05, 4.69) is 25.8 Å². The average molecular weight is 266 g/mol. The number of furan rings is 1. The van der Waals surface area contributed by atoms with E-state index in [0.29, 0.717) is 6.54 Å².